The fraction of sp³-hybridized carbons (Fsp3) is 0.593. The second kappa shape index (κ2) is 24.2. The number of esters is 1. The molecule has 0 aliphatic carbocycles. The van der Waals surface area contributed by atoms with E-state index in [1.54, 1.807) is 0 Å². The van der Waals surface area contributed by atoms with Crippen molar-refractivity contribution in [2.24, 2.45) is 0 Å². The molecule has 0 heterocycles. The van der Waals surface area contributed by atoms with Gasteiger partial charge in [-0.3, -0.25) is 4.79 Å². The first kappa shape index (κ1) is 27.2. The van der Waals surface area contributed by atoms with Crippen molar-refractivity contribution in [3.05, 3.63) is 60.8 Å². The van der Waals surface area contributed by atoms with Gasteiger partial charge in [-0.05, 0) is 57.8 Å². The van der Waals surface area contributed by atoms with Crippen molar-refractivity contribution < 1.29 is 9.53 Å². The molecule has 164 valence electrons. The second-order valence-corrected chi connectivity index (χ2v) is 7.23. The number of ether oxygens (including phenoxy) is 1. The molecule has 0 aliphatic rings. The Balaban J connectivity index is 3.43. The Morgan fingerprint density at radius 3 is 1.72 bits per heavy atom. The first-order chi connectivity index (χ1) is 14.3. The zero-order chi connectivity index (χ0) is 21.3. The molecule has 0 aromatic heterocycles. The van der Waals surface area contributed by atoms with Crippen LogP contribution in [0.15, 0.2) is 60.8 Å². The largest absolute Gasteiger partial charge is 0.466 e. The van der Waals surface area contributed by atoms with Gasteiger partial charge in [-0.25, -0.2) is 0 Å². The summed E-state index contributed by atoms with van der Waals surface area (Å²) in [5.41, 5.74) is 0. The Kier molecular flexibility index (Phi) is 22.7. The predicted octanol–water partition coefficient (Wildman–Crippen LogP) is 8.42. The van der Waals surface area contributed by atoms with Crippen molar-refractivity contribution in [1.29, 1.82) is 0 Å². The van der Waals surface area contributed by atoms with Crippen LogP contribution in [-0.4, -0.2) is 12.6 Å². The molecule has 0 aromatic carbocycles. The molecule has 0 saturated heterocycles. The number of hydrogen-bond acceptors (Lipinski definition) is 2. The Morgan fingerprint density at radius 1 is 0.621 bits per heavy atom. The van der Waals surface area contributed by atoms with Gasteiger partial charge in [0.25, 0.3) is 0 Å². The Morgan fingerprint density at radius 2 is 1.17 bits per heavy atom. The maximum atomic E-state index is 11.5. The first-order valence-electron chi connectivity index (χ1n) is 11.7. The van der Waals surface area contributed by atoms with Crippen molar-refractivity contribution in [3.8, 4) is 0 Å². The molecule has 0 bridgehead atoms. The van der Waals surface area contributed by atoms with Crippen molar-refractivity contribution in [2.75, 3.05) is 6.61 Å². The third-order valence-electron chi connectivity index (χ3n) is 4.42. The fourth-order valence-corrected chi connectivity index (χ4v) is 2.69. The second-order valence-electron chi connectivity index (χ2n) is 7.23. The van der Waals surface area contributed by atoms with Gasteiger partial charge in [-0.1, -0.05) is 93.9 Å². The summed E-state index contributed by atoms with van der Waals surface area (Å²) in [6, 6.07) is 0. The van der Waals surface area contributed by atoms with Crippen LogP contribution in [0.1, 0.15) is 97.3 Å². The molecule has 2 nitrogen and oxygen atoms in total. The third kappa shape index (κ3) is 24.1. The van der Waals surface area contributed by atoms with Gasteiger partial charge in [0.15, 0.2) is 0 Å². The molecular formula is C27H44O2. The normalized spacial score (nSPS) is 12.5. The van der Waals surface area contributed by atoms with Crippen LogP contribution in [0.4, 0.5) is 0 Å². The van der Waals surface area contributed by atoms with E-state index in [2.05, 4.69) is 74.6 Å². The monoisotopic (exact) mass is 400 g/mol. The van der Waals surface area contributed by atoms with Gasteiger partial charge in [-0.15, -0.1) is 0 Å². The number of hydrogen-bond donors (Lipinski definition) is 0. The molecule has 29 heavy (non-hydrogen) atoms. The lowest BCUT2D eigenvalue weighted by Crippen LogP contribution is -2.05. The quantitative estimate of drug-likeness (QED) is 0.123. The lowest BCUT2D eigenvalue weighted by molar-refractivity contribution is -0.143. The summed E-state index contributed by atoms with van der Waals surface area (Å²) in [5.74, 6) is -0.0315. The van der Waals surface area contributed by atoms with E-state index in [-0.39, 0.29) is 5.97 Å². The summed E-state index contributed by atoms with van der Waals surface area (Å²) in [5, 5.41) is 0. The average molecular weight is 401 g/mol. The summed E-state index contributed by atoms with van der Waals surface area (Å²) >= 11 is 0. The predicted molar refractivity (Wildman–Crippen MR) is 128 cm³/mol. The molecule has 2 heteroatoms. The van der Waals surface area contributed by atoms with Crippen molar-refractivity contribution in [1.82, 2.24) is 0 Å². The van der Waals surface area contributed by atoms with Crippen LogP contribution in [0.5, 0.6) is 0 Å². The Labute approximate surface area is 180 Å². The van der Waals surface area contributed by atoms with Crippen LogP contribution >= 0.6 is 0 Å². The summed E-state index contributed by atoms with van der Waals surface area (Å²) < 4.78 is 5.21. The molecule has 0 saturated carbocycles. The molecule has 0 amide bonds. The van der Waals surface area contributed by atoms with Gasteiger partial charge in [0.05, 0.1) is 6.61 Å². The zero-order valence-electron chi connectivity index (χ0n) is 19.0. The van der Waals surface area contributed by atoms with Gasteiger partial charge in [-0.2, -0.15) is 0 Å². The van der Waals surface area contributed by atoms with Crippen LogP contribution in [0.3, 0.4) is 0 Å². The van der Waals surface area contributed by atoms with E-state index < -0.39 is 0 Å². The van der Waals surface area contributed by atoms with Gasteiger partial charge >= 0.3 is 5.97 Å². The van der Waals surface area contributed by atoms with Crippen molar-refractivity contribution in [3.63, 3.8) is 0 Å². The molecule has 0 unspecified atom stereocenters. The smallest absolute Gasteiger partial charge is 0.305 e. The van der Waals surface area contributed by atoms with E-state index in [9.17, 15) is 4.79 Å². The highest BCUT2D eigenvalue weighted by molar-refractivity contribution is 5.69. The molecule has 0 N–H and O–H groups in total. The van der Waals surface area contributed by atoms with Gasteiger partial charge in [0, 0.05) is 6.42 Å². The number of carbonyl (C=O) groups excluding carboxylic acids is 1. The molecule has 0 atom stereocenters. The van der Waals surface area contributed by atoms with Crippen LogP contribution < -0.4 is 0 Å². The van der Waals surface area contributed by atoms with E-state index in [0.29, 0.717) is 13.0 Å². The van der Waals surface area contributed by atoms with Crippen LogP contribution in [0.2, 0.25) is 0 Å². The lowest BCUT2D eigenvalue weighted by Gasteiger charge is -2.03. The first-order valence-corrected chi connectivity index (χ1v) is 11.7. The molecular weight excluding hydrogens is 356 g/mol. The van der Waals surface area contributed by atoms with E-state index in [0.717, 1.165) is 77.0 Å². The summed E-state index contributed by atoms with van der Waals surface area (Å²) in [4.78, 5) is 11.5. The van der Waals surface area contributed by atoms with E-state index in [4.69, 9.17) is 4.74 Å². The number of unbranched alkanes of at least 4 members (excludes halogenated alkanes) is 5. The molecule has 0 aromatic rings. The van der Waals surface area contributed by atoms with Gasteiger partial charge in [0.2, 0.25) is 0 Å². The maximum Gasteiger partial charge on any atom is 0.305 e. The van der Waals surface area contributed by atoms with Crippen molar-refractivity contribution >= 4 is 5.97 Å². The molecule has 0 fully saturated rings. The van der Waals surface area contributed by atoms with Crippen LogP contribution in [0.25, 0.3) is 0 Å². The van der Waals surface area contributed by atoms with Crippen LogP contribution in [0, 0.1) is 0 Å². The Hall–Kier alpha value is -1.83. The molecule has 0 spiro atoms. The maximum absolute atomic E-state index is 11.5. The van der Waals surface area contributed by atoms with Gasteiger partial charge < -0.3 is 4.74 Å². The highest BCUT2D eigenvalue weighted by atomic mass is 16.5. The number of carbonyl (C=O) groups is 1. The molecule has 0 rings (SSSR count). The minimum absolute atomic E-state index is 0.0315. The zero-order valence-corrected chi connectivity index (χ0v) is 19.0. The van der Waals surface area contributed by atoms with E-state index >= 15 is 0 Å². The van der Waals surface area contributed by atoms with E-state index in [1.165, 1.54) is 0 Å². The SMILES string of the molecule is CC/C=C\C/C=C\C/C=C\C/C=C\C/C=C\CCCCCC(=O)OCCCCC. The topological polar surface area (TPSA) is 26.3 Å². The van der Waals surface area contributed by atoms with Gasteiger partial charge in [0.1, 0.15) is 0 Å². The minimum Gasteiger partial charge on any atom is -0.466 e. The summed E-state index contributed by atoms with van der Waals surface area (Å²) in [6.07, 6.45) is 35.6. The summed E-state index contributed by atoms with van der Waals surface area (Å²) in [6.45, 7) is 4.90. The number of rotatable bonds is 19. The number of allylic oxidation sites excluding steroid dienone is 10. The molecule has 0 aliphatic heterocycles. The average Bonchev–Trinajstić information content (AvgIpc) is 2.73. The highest BCUT2D eigenvalue weighted by Crippen LogP contribution is 2.06. The highest BCUT2D eigenvalue weighted by Gasteiger charge is 2.01. The minimum atomic E-state index is -0.0315. The lowest BCUT2D eigenvalue weighted by atomic mass is 10.1. The van der Waals surface area contributed by atoms with Crippen molar-refractivity contribution in [2.45, 2.75) is 97.3 Å². The molecule has 0 radical (unpaired) electrons. The summed E-state index contributed by atoms with van der Waals surface area (Å²) in [7, 11) is 0. The standard InChI is InChI=1S/C27H44O2/c1-3-5-7-8-9-10-11-12-13-14-15-16-17-18-19-20-21-22-23-25-27(28)29-26-24-6-4-2/h5,7,9-10,12-13,15-16,18-19H,3-4,6,8,11,14,17,20-26H2,1-2H3/b7-5-,10-9-,13-12-,16-15-,19-18-. The van der Waals surface area contributed by atoms with Crippen LogP contribution in [-0.2, 0) is 9.53 Å². The fourth-order valence-electron chi connectivity index (χ4n) is 2.69. The third-order valence-corrected chi connectivity index (χ3v) is 4.42. The Bertz CT molecular complexity index is 495. The van der Waals surface area contributed by atoms with E-state index in [1.807, 2.05) is 0 Å².